The quantitative estimate of drug-likeness (QED) is 0.275. The van der Waals surface area contributed by atoms with Crippen LogP contribution in [0.15, 0.2) is 72.8 Å². The molecule has 1 fully saturated rings. The van der Waals surface area contributed by atoms with E-state index in [2.05, 4.69) is 30.8 Å². The van der Waals surface area contributed by atoms with Crippen molar-refractivity contribution in [2.75, 3.05) is 6.61 Å². The van der Waals surface area contributed by atoms with Gasteiger partial charge in [-0.05, 0) is 65.1 Å². The summed E-state index contributed by atoms with van der Waals surface area (Å²) in [7, 11) is 0. The number of benzene rings is 3. The van der Waals surface area contributed by atoms with E-state index < -0.39 is 5.97 Å². The molecule has 1 saturated carbocycles. The van der Waals surface area contributed by atoms with Gasteiger partial charge in [0.2, 0.25) is 0 Å². The zero-order valence-electron chi connectivity index (χ0n) is 20.4. The van der Waals surface area contributed by atoms with E-state index in [0.717, 1.165) is 27.8 Å². The summed E-state index contributed by atoms with van der Waals surface area (Å²) in [4.78, 5) is 11.6. The standard InChI is InChI=1S/C31H33FO3/c1-21(2)31(34)35-17-16-26-18-27(12-13-28(26)20-33)29-15-14-25(19-30(29)32)24-10-8-23(9-11-24)22-6-4-3-5-7-22/h8-15,18-19,22,33H,1,3-7,16-17,20H2,2H3. The first kappa shape index (κ1) is 24.9. The molecule has 1 aliphatic carbocycles. The zero-order valence-corrected chi connectivity index (χ0v) is 20.4. The van der Waals surface area contributed by atoms with Gasteiger partial charge < -0.3 is 9.84 Å². The fraction of sp³-hybridized carbons (Fsp3) is 0.323. The number of carbonyl (C=O) groups excluding carboxylic acids is 1. The van der Waals surface area contributed by atoms with Crippen LogP contribution in [0.25, 0.3) is 22.3 Å². The number of aliphatic hydroxyl groups is 1. The van der Waals surface area contributed by atoms with Gasteiger partial charge in [0.15, 0.2) is 0 Å². The van der Waals surface area contributed by atoms with E-state index in [1.165, 1.54) is 37.7 Å². The predicted octanol–water partition coefficient (Wildman–Crippen LogP) is 7.36. The number of hydrogen-bond donors (Lipinski definition) is 1. The topological polar surface area (TPSA) is 46.5 Å². The largest absolute Gasteiger partial charge is 0.462 e. The highest BCUT2D eigenvalue weighted by Gasteiger charge is 2.16. The third kappa shape index (κ3) is 6.07. The summed E-state index contributed by atoms with van der Waals surface area (Å²) in [5, 5.41) is 9.70. The molecule has 3 nitrogen and oxygen atoms in total. The molecule has 0 spiro atoms. The lowest BCUT2D eigenvalue weighted by atomic mass is 9.83. The second-order valence-corrected chi connectivity index (χ2v) is 9.46. The summed E-state index contributed by atoms with van der Waals surface area (Å²) in [5.74, 6) is -0.0901. The van der Waals surface area contributed by atoms with Gasteiger partial charge in [0.05, 0.1) is 13.2 Å². The van der Waals surface area contributed by atoms with Crippen molar-refractivity contribution in [2.45, 2.75) is 58.0 Å². The fourth-order valence-electron chi connectivity index (χ4n) is 4.87. The third-order valence-electron chi connectivity index (χ3n) is 6.93. The summed E-state index contributed by atoms with van der Waals surface area (Å²) in [6.07, 6.45) is 6.90. The molecule has 3 aromatic carbocycles. The average Bonchev–Trinajstić information content (AvgIpc) is 2.89. The van der Waals surface area contributed by atoms with E-state index in [-0.39, 0.29) is 19.0 Å². The maximum atomic E-state index is 15.2. The van der Waals surface area contributed by atoms with Crippen LogP contribution in [0.5, 0.6) is 0 Å². The highest BCUT2D eigenvalue weighted by molar-refractivity contribution is 5.86. The molecule has 0 unspecified atom stereocenters. The molecule has 0 atom stereocenters. The second kappa shape index (κ2) is 11.5. The minimum atomic E-state index is -0.444. The molecule has 1 N–H and O–H groups in total. The molecule has 0 radical (unpaired) electrons. The van der Waals surface area contributed by atoms with Crippen molar-refractivity contribution in [1.29, 1.82) is 0 Å². The highest BCUT2D eigenvalue weighted by Crippen LogP contribution is 2.34. The number of carbonyl (C=O) groups is 1. The van der Waals surface area contributed by atoms with Crippen molar-refractivity contribution >= 4 is 5.97 Å². The van der Waals surface area contributed by atoms with Gasteiger partial charge in [0, 0.05) is 17.6 Å². The lowest BCUT2D eigenvalue weighted by Gasteiger charge is -2.22. The van der Waals surface area contributed by atoms with Gasteiger partial charge in [0.25, 0.3) is 0 Å². The first-order chi connectivity index (χ1) is 17.0. The van der Waals surface area contributed by atoms with Crippen LogP contribution in [-0.4, -0.2) is 17.7 Å². The molecule has 0 bridgehead atoms. The maximum Gasteiger partial charge on any atom is 0.333 e. The molecule has 4 rings (SSSR count). The first-order valence-corrected chi connectivity index (χ1v) is 12.4. The Bertz CT molecular complexity index is 1190. The minimum absolute atomic E-state index is 0.137. The van der Waals surface area contributed by atoms with Crippen molar-refractivity contribution in [1.82, 2.24) is 0 Å². The SMILES string of the molecule is C=C(C)C(=O)OCCc1cc(-c2ccc(-c3ccc(C4CCCCC4)cc3)cc2F)ccc1CO. The number of rotatable bonds is 8. The summed E-state index contributed by atoms with van der Waals surface area (Å²) >= 11 is 0. The van der Waals surface area contributed by atoms with Crippen molar-refractivity contribution in [2.24, 2.45) is 0 Å². The molecule has 0 aromatic heterocycles. The van der Waals surface area contributed by atoms with Crippen LogP contribution in [0.1, 0.15) is 61.6 Å². The van der Waals surface area contributed by atoms with E-state index >= 15 is 4.39 Å². The third-order valence-corrected chi connectivity index (χ3v) is 6.93. The first-order valence-electron chi connectivity index (χ1n) is 12.4. The van der Waals surface area contributed by atoms with Crippen LogP contribution in [0.3, 0.4) is 0 Å². The van der Waals surface area contributed by atoms with Gasteiger partial charge in [-0.2, -0.15) is 0 Å². The van der Waals surface area contributed by atoms with Crippen LogP contribution in [0.4, 0.5) is 4.39 Å². The van der Waals surface area contributed by atoms with Gasteiger partial charge in [0.1, 0.15) is 5.82 Å². The van der Waals surface area contributed by atoms with E-state index in [1.807, 2.05) is 18.2 Å². The van der Waals surface area contributed by atoms with Crippen molar-refractivity contribution < 1.29 is 19.0 Å². The molecule has 4 heteroatoms. The predicted molar refractivity (Wildman–Crippen MR) is 138 cm³/mol. The molecule has 0 heterocycles. The van der Waals surface area contributed by atoms with Gasteiger partial charge in [-0.25, -0.2) is 9.18 Å². The summed E-state index contributed by atoms with van der Waals surface area (Å²) in [6.45, 7) is 5.20. The monoisotopic (exact) mass is 472 g/mol. The number of esters is 1. The van der Waals surface area contributed by atoms with Gasteiger partial charge in [-0.15, -0.1) is 0 Å². The van der Waals surface area contributed by atoms with Crippen molar-refractivity contribution in [3.05, 3.63) is 95.3 Å². The van der Waals surface area contributed by atoms with Crippen molar-refractivity contribution in [3.63, 3.8) is 0 Å². The number of ether oxygens (including phenoxy) is 1. The average molecular weight is 473 g/mol. The van der Waals surface area contributed by atoms with Gasteiger partial charge in [-0.1, -0.05) is 80.4 Å². The van der Waals surface area contributed by atoms with Crippen LogP contribution in [-0.2, 0) is 22.6 Å². The summed E-state index contributed by atoms with van der Waals surface area (Å²) in [5.41, 5.74) is 6.35. The number of hydrogen-bond acceptors (Lipinski definition) is 3. The second-order valence-electron chi connectivity index (χ2n) is 9.46. The maximum absolute atomic E-state index is 15.2. The Labute approximate surface area is 207 Å². The van der Waals surface area contributed by atoms with E-state index in [9.17, 15) is 9.90 Å². The Morgan fingerprint density at radius 3 is 2.29 bits per heavy atom. The molecular weight excluding hydrogens is 439 g/mol. The van der Waals surface area contributed by atoms with Gasteiger partial charge in [-0.3, -0.25) is 0 Å². The normalized spacial score (nSPS) is 14.0. The zero-order chi connectivity index (χ0) is 24.8. The minimum Gasteiger partial charge on any atom is -0.462 e. The Balaban J connectivity index is 1.51. The number of halogens is 1. The molecule has 35 heavy (non-hydrogen) atoms. The Morgan fingerprint density at radius 2 is 1.63 bits per heavy atom. The molecule has 182 valence electrons. The molecule has 0 amide bonds. The van der Waals surface area contributed by atoms with E-state index in [0.29, 0.717) is 23.5 Å². The van der Waals surface area contributed by atoms with E-state index in [4.69, 9.17) is 4.74 Å². The van der Waals surface area contributed by atoms with Crippen LogP contribution in [0, 0.1) is 5.82 Å². The molecule has 0 saturated heterocycles. The van der Waals surface area contributed by atoms with Crippen molar-refractivity contribution in [3.8, 4) is 22.3 Å². The highest BCUT2D eigenvalue weighted by atomic mass is 19.1. The van der Waals surface area contributed by atoms with Crippen LogP contribution < -0.4 is 0 Å². The number of aliphatic hydroxyl groups excluding tert-OH is 1. The van der Waals surface area contributed by atoms with Crippen LogP contribution >= 0.6 is 0 Å². The Kier molecular flexibility index (Phi) is 8.14. The Hall–Kier alpha value is -3.24. The lowest BCUT2D eigenvalue weighted by Crippen LogP contribution is -2.09. The lowest BCUT2D eigenvalue weighted by molar-refractivity contribution is -0.138. The smallest absolute Gasteiger partial charge is 0.333 e. The van der Waals surface area contributed by atoms with Gasteiger partial charge >= 0.3 is 5.97 Å². The summed E-state index contributed by atoms with van der Waals surface area (Å²) in [6, 6.07) is 19.4. The molecular formula is C31H33FO3. The van der Waals surface area contributed by atoms with Crippen LogP contribution in [0.2, 0.25) is 0 Å². The summed E-state index contributed by atoms with van der Waals surface area (Å²) < 4.78 is 20.4. The van der Waals surface area contributed by atoms with E-state index in [1.54, 1.807) is 25.1 Å². The molecule has 0 aliphatic heterocycles. The molecule has 1 aliphatic rings. The Morgan fingerprint density at radius 1 is 0.943 bits per heavy atom. The fourth-order valence-corrected chi connectivity index (χ4v) is 4.87. The molecule has 3 aromatic rings.